The fourth-order valence-corrected chi connectivity index (χ4v) is 3.06. The molecule has 0 saturated heterocycles. The Kier molecular flexibility index (Phi) is 5.93. The van der Waals surface area contributed by atoms with E-state index >= 15 is 0 Å². The van der Waals surface area contributed by atoms with E-state index in [4.69, 9.17) is 4.74 Å². The summed E-state index contributed by atoms with van der Waals surface area (Å²) < 4.78 is 5.46. The van der Waals surface area contributed by atoms with E-state index in [-0.39, 0.29) is 18.3 Å². The van der Waals surface area contributed by atoms with Crippen molar-refractivity contribution < 1.29 is 14.3 Å². The molecule has 0 bridgehead atoms. The van der Waals surface area contributed by atoms with Gasteiger partial charge in [-0.15, -0.1) is 11.3 Å². The molecule has 1 heterocycles. The summed E-state index contributed by atoms with van der Waals surface area (Å²) in [7, 11) is 0. The first-order valence-corrected chi connectivity index (χ1v) is 8.45. The Morgan fingerprint density at radius 2 is 1.87 bits per heavy atom. The zero-order chi connectivity index (χ0) is 16.8. The fourth-order valence-electron chi connectivity index (χ4n) is 2.42. The first kappa shape index (κ1) is 17.2. The smallest absolute Gasteiger partial charge is 0.311 e. The molecule has 2 rings (SSSR count). The van der Waals surface area contributed by atoms with Gasteiger partial charge in [-0.3, -0.25) is 9.59 Å². The summed E-state index contributed by atoms with van der Waals surface area (Å²) in [6, 6.07) is 7.61. The summed E-state index contributed by atoms with van der Waals surface area (Å²) >= 11 is 1.40. The van der Waals surface area contributed by atoms with Crippen molar-refractivity contribution in [3.63, 3.8) is 0 Å². The summed E-state index contributed by atoms with van der Waals surface area (Å²) in [6.07, 6.45) is 0.831. The predicted molar refractivity (Wildman–Crippen MR) is 92.2 cm³/mol. The molecule has 0 radical (unpaired) electrons. The number of hydrogen-bond acceptors (Lipinski definition) is 4. The molecule has 0 atom stereocenters. The molecule has 5 heteroatoms. The van der Waals surface area contributed by atoms with Crippen LogP contribution >= 0.6 is 11.3 Å². The molecule has 0 aliphatic carbocycles. The first-order chi connectivity index (χ1) is 11.0. The molecular weight excluding hydrogens is 310 g/mol. The zero-order valence-electron chi connectivity index (χ0n) is 13.6. The van der Waals surface area contributed by atoms with Gasteiger partial charge in [0.15, 0.2) is 0 Å². The Morgan fingerprint density at radius 3 is 2.48 bits per heavy atom. The lowest BCUT2D eigenvalue weighted by Gasteiger charge is -2.11. The Balaban J connectivity index is 1.77. The third-order valence-electron chi connectivity index (χ3n) is 3.41. The number of thiophene rings is 1. The largest absolute Gasteiger partial charge is 0.426 e. The van der Waals surface area contributed by atoms with Gasteiger partial charge in [-0.25, -0.2) is 0 Å². The summed E-state index contributed by atoms with van der Waals surface area (Å²) in [6.45, 7) is 6.34. The summed E-state index contributed by atoms with van der Waals surface area (Å²) in [4.78, 5) is 24.4. The number of esters is 1. The highest BCUT2D eigenvalue weighted by Gasteiger charge is 2.11. The van der Waals surface area contributed by atoms with Gasteiger partial charge in [0.25, 0.3) is 5.91 Å². The Hall–Kier alpha value is -2.14. The van der Waals surface area contributed by atoms with Crippen LogP contribution in [0, 0.1) is 20.8 Å². The second kappa shape index (κ2) is 7.92. The van der Waals surface area contributed by atoms with E-state index in [2.05, 4.69) is 5.32 Å². The zero-order valence-corrected chi connectivity index (χ0v) is 14.5. The standard InChI is InChI=1S/C18H21NO3S/c1-12-10-13(2)17(14(3)11-12)22-16(20)7-4-8-19-18(21)15-6-5-9-23-15/h5-6,9-11H,4,7-8H2,1-3H3,(H,19,21). The van der Waals surface area contributed by atoms with E-state index < -0.39 is 0 Å². The number of rotatable bonds is 6. The Bertz CT molecular complexity index is 669. The van der Waals surface area contributed by atoms with Gasteiger partial charge in [0.05, 0.1) is 4.88 Å². The van der Waals surface area contributed by atoms with E-state index in [9.17, 15) is 9.59 Å². The molecule has 0 spiro atoms. The van der Waals surface area contributed by atoms with Crippen molar-refractivity contribution >= 4 is 23.2 Å². The van der Waals surface area contributed by atoms with Crippen molar-refractivity contribution in [3.8, 4) is 5.75 Å². The van der Waals surface area contributed by atoms with Crippen LogP contribution in [0.25, 0.3) is 0 Å². The maximum atomic E-state index is 11.9. The lowest BCUT2D eigenvalue weighted by molar-refractivity contribution is -0.134. The van der Waals surface area contributed by atoms with Gasteiger partial charge in [-0.05, 0) is 49.8 Å². The van der Waals surface area contributed by atoms with Crippen LogP contribution in [-0.4, -0.2) is 18.4 Å². The normalized spacial score (nSPS) is 10.4. The van der Waals surface area contributed by atoms with E-state index in [1.165, 1.54) is 11.3 Å². The minimum atomic E-state index is -0.273. The molecular formula is C18H21NO3S. The molecule has 1 aromatic carbocycles. The van der Waals surface area contributed by atoms with Gasteiger partial charge in [-0.1, -0.05) is 23.8 Å². The third-order valence-corrected chi connectivity index (χ3v) is 4.28. The number of carbonyl (C=O) groups is 2. The molecule has 122 valence electrons. The van der Waals surface area contributed by atoms with Crippen molar-refractivity contribution in [2.45, 2.75) is 33.6 Å². The number of amides is 1. The Morgan fingerprint density at radius 1 is 1.17 bits per heavy atom. The number of aryl methyl sites for hydroxylation is 3. The van der Waals surface area contributed by atoms with Crippen molar-refractivity contribution in [2.24, 2.45) is 0 Å². The topological polar surface area (TPSA) is 55.4 Å². The minimum Gasteiger partial charge on any atom is -0.426 e. The molecule has 0 saturated carbocycles. The van der Waals surface area contributed by atoms with Crippen molar-refractivity contribution in [3.05, 3.63) is 51.2 Å². The third kappa shape index (κ3) is 4.93. The van der Waals surface area contributed by atoms with Crippen LogP contribution in [0.3, 0.4) is 0 Å². The van der Waals surface area contributed by atoms with E-state index in [0.29, 0.717) is 23.6 Å². The molecule has 23 heavy (non-hydrogen) atoms. The highest BCUT2D eigenvalue weighted by molar-refractivity contribution is 7.12. The van der Waals surface area contributed by atoms with Crippen molar-refractivity contribution in [2.75, 3.05) is 6.54 Å². The van der Waals surface area contributed by atoms with Crippen molar-refractivity contribution in [1.29, 1.82) is 0 Å². The summed E-state index contributed by atoms with van der Waals surface area (Å²) in [5.41, 5.74) is 3.07. The van der Waals surface area contributed by atoms with Crippen LogP contribution in [0.15, 0.2) is 29.6 Å². The predicted octanol–water partition coefficient (Wildman–Crippen LogP) is 3.79. The average Bonchev–Trinajstić information content (AvgIpc) is 3.01. The molecule has 1 amide bonds. The van der Waals surface area contributed by atoms with Gasteiger partial charge in [0, 0.05) is 13.0 Å². The minimum absolute atomic E-state index is 0.0985. The second-order valence-electron chi connectivity index (χ2n) is 5.54. The fraction of sp³-hybridized carbons (Fsp3) is 0.333. The number of hydrogen-bond donors (Lipinski definition) is 1. The van der Waals surface area contributed by atoms with Crippen LogP contribution in [0.5, 0.6) is 5.75 Å². The quantitative estimate of drug-likeness (QED) is 0.498. The van der Waals surface area contributed by atoms with Crippen LogP contribution in [-0.2, 0) is 4.79 Å². The van der Waals surface area contributed by atoms with Gasteiger partial charge in [-0.2, -0.15) is 0 Å². The molecule has 0 fully saturated rings. The maximum Gasteiger partial charge on any atom is 0.311 e. The summed E-state index contributed by atoms with van der Waals surface area (Å²) in [5, 5.41) is 4.66. The van der Waals surface area contributed by atoms with E-state index in [1.807, 2.05) is 44.4 Å². The number of benzene rings is 1. The first-order valence-electron chi connectivity index (χ1n) is 7.57. The van der Waals surface area contributed by atoms with E-state index in [0.717, 1.165) is 16.7 Å². The number of nitrogens with one attached hydrogen (secondary N) is 1. The molecule has 4 nitrogen and oxygen atoms in total. The monoisotopic (exact) mass is 331 g/mol. The lowest BCUT2D eigenvalue weighted by atomic mass is 10.1. The molecule has 1 aromatic heterocycles. The number of carbonyl (C=O) groups excluding carboxylic acids is 2. The van der Waals surface area contributed by atoms with Crippen molar-refractivity contribution in [1.82, 2.24) is 5.32 Å². The summed E-state index contributed by atoms with van der Waals surface area (Å²) in [5.74, 6) is 0.271. The highest BCUT2D eigenvalue weighted by Crippen LogP contribution is 2.25. The van der Waals surface area contributed by atoms with Gasteiger partial charge < -0.3 is 10.1 Å². The van der Waals surface area contributed by atoms with Gasteiger partial charge in [0.2, 0.25) is 0 Å². The van der Waals surface area contributed by atoms with Crippen LogP contribution in [0.4, 0.5) is 0 Å². The van der Waals surface area contributed by atoms with Crippen LogP contribution in [0.1, 0.15) is 39.2 Å². The maximum absolute atomic E-state index is 11.9. The highest BCUT2D eigenvalue weighted by atomic mass is 32.1. The molecule has 0 aliphatic heterocycles. The van der Waals surface area contributed by atoms with Crippen LogP contribution in [0.2, 0.25) is 0 Å². The number of ether oxygens (including phenoxy) is 1. The van der Waals surface area contributed by atoms with E-state index in [1.54, 1.807) is 6.07 Å². The molecule has 0 aliphatic rings. The van der Waals surface area contributed by atoms with Crippen LogP contribution < -0.4 is 10.1 Å². The second-order valence-corrected chi connectivity index (χ2v) is 6.49. The lowest BCUT2D eigenvalue weighted by Crippen LogP contribution is -2.24. The molecule has 2 aromatic rings. The van der Waals surface area contributed by atoms with Gasteiger partial charge in [0.1, 0.15) is 5.75 Å². The molecule has 0 unspecified atom stereocenters. The molecule has 1 N–H and O–H groups in total. The SMILES string of the molecule is Cc1cc(C)c(OC(=O)CCCNC(=O)c2cccs2)c(C)c1. The average molecular weight is 331 g/mol. The van der Waals surface area contributed by atoms with Gasteiger partial charge >= 0.3 is 5.97 Å². The Labute approximate surface area is 140 Å².